The van der Waals surface area contributed by atoms with Crippen molar-refractivity contribution >= 4 is 18.4 Å². The molecule has 0 aliphatic carbocycles. The number of halogens is 1. The first-order chi connectivity index (χ1) is 14.0. The van der Waals surface area contributed by atoms with Gasteiger partial charge in [-0.3, -0.25) is 4.79 Å². The molecular weight excluding hydrogens is 404 g/mol. The van der Waals surface area contributed by atoms with Gasteiger partial charge in [0.15, 0.2) is 0 Å². The fourth-order valence-electron chi connectivity index (χ4n) is 4.06. The largest absolute Gasteiger partial charge is 0.469 e. The molecule has 1 aromatic carbocycles. The number of hydrogen-bond donors (Lipinski definition) is 1. The van der Waals surface area contributed by atoms with Crippen LogP contribution in [0.5, 0.6) is 0 Å². The number of carbonyl (C=O) groups excluding carboxylic acids is 1. The fraction of sp³-hybridized carbons (Fsp3) is 0.591. The zero-order valence-corrected chi connectivity index (χ0v) is 18.9. The van der Waals surface area contributed by atoms with Crippen molar-refractivity contribution in [2.24, 2.45) is 11.8 Å². The highest BCUT2D eigenvalue weighted by Crippen LogP contribution is 2.18. The molecule has 1 atom stereocenters. The molecule has 0 radical (unpaired) electrons. The molecule has 166 valence electrons. The zero-order valence-electron chi connectivity index (χ0n) is 18.1. The Balaban J connectivity index is 0.00000320. The monoisotopic (exact) mass is 436 g/mol. The van der Waals surface area contributed by atoms with E-state index in [9.17, 15) is 9.59 Å². The SMILES string of the molecule is CCC(Cc1ccc(-n2c(C)nn(CCC3CCNCC3)c2=O)cc1)C(=O)OC.Cl. The quantitative estimate of drug-likeness (QED) is 0.644. The van der Waals surface area contributed by atoms with Gasteiger partial charge in [0.05, 0.1) is 18.7 Å². The molecule has 2 heterocycles. The van der Waals surface area contributed by atoms with Crippen molar-refractivity contribution in [3.63, 3.8) is 0 Å². The van der Waals surface area contributed by atoms with Crippen molar-refractivity contribution in [1.82, 2.24) is 19.7 Å². The molecule has 0 bridgehead atoms. The van der Waals surface area contributed by atoms with Crippen LogP contribution in [0.3, 0.4) is 0 Å². The summed E-state index contributed by atoms with van der Waals surface area (Å²) in [7, 11) is 1.42. The second-order valence-electron chi connectivity index (χ2n) is 7.87. The zero-order chi connectivity index (χ0) is 20.8. The van der Waals surface area contributed by atoms with Crippen LogP contribution in [0.1, 0.15) is 44.0 Å². The molecule has 1 unspecified atom stereocenters. The van der Waals surface area contributed by atoms with Gasteiger partial charge in [-0.25, -0.2) is 14.0 Å². The van der Waals surface area contributed by atoms with Gasteiger partial charge in [0.1, 0.15) is 5.82 Å². The highest BCUT2D eigenvalue weighted by atomic mass is 35.5. The Labute approximate surface area is 184 Å². The van der Waals surface area contributed by atoms with Crippen LogP contribution in [0.15, 0.2) is 29.1 Å². The lowest BCUT2D eigenvalue weighted by Crippen LogP contribution is -2.30. The van der Waals surface area contributed by atoms with E-state index in [1.54, 1.807) is 9.25 Å². The van der Waals surface area contributed by atoms with Gasteiger partial charge in [-0.15, -0.1) is 12.4 Å². The van der Waals surface area contributed by atoms with Crippen LogP contribution in [0.25, 0.3) is 5.69 Å². The molecule has 0 spiro atoms. The maximum absolute atomic E-state index is 12.9. The minimum Gasteiger partial charge on any atom is -0.469 e. The number of hydrogen-bond acceptors (Lipinski definition) is 5. The normalized spacial score (nSPS) is 15.4. The van der Waals surface area contributed by atoms with Crippen LogP contribution in [0.2, 0.25) is 0 Å². The number of esters is 1. The summed E-state index contributed by atoms with van der Waals surface area (Å²) in [4.78, 5) is 24.7. The van der Waals surface area contributed by atoms with Gasteiger partial charge in [0.25, 0.3) is 0 Å². The van der Waals surface area contributed by atoms with Gasteiger partial charge in [0, 0.05) is 6.54 Å². The number of rotatable bonds is 8. The standard InChI is InChI=1S/C22H32N4O3.ClH/c1-4-19(21(27)29-3)15-18-5-7-20(8-6-18)26-16(2)24-25(22(26)28)14-11-17-9-12-23-13-10-17;/h5-8,17,19,23H,4,9-15H2,1-3H3;1H. The Bertz CT molecular complexity index is 869. The number of nitrogens with one attached hydrogen (secondary N) is 1. The van der Waals surface area contributed by atoms with Crippen molar-refractivity contribution in [3.05, 3.63) is 46.1 Å². The summed E-state index contributed by atoms with van der Waals surface area (Å²) in [6, 6.07) is 7.79. The Kier molecular flexibility index (Phi) is 9.11. The first-order valence-corrected chi connectivity index (χ1v) is 10.6. The van der Waals surface area contributed by atoms with E-state index in [0.29, 0.717) is 24.7 Å². The van der Waals surface area contributed by atoms with Gasteiger partial charge < -0.3 is 10.1 Å². The highest BCUT2D eigenvalue weighted by molar-refractivity contribution is 5.85. The number of piperidine rings is 1. The fourth-order valence-corrected chi connectivity index (χ4v) is 4.06. The van der Waals surface area contributed by atoms with E-state index in [4.69, 9.17) is 4.74 Å². The number of benzene rings is 1. The van der Waals surface area contributed by atoms with Gasteiger partial charge in [-0.1, -0.05) is 19.1 Å². The van der Waals surface area contributed by atoms with E-state index in [1.165, 1.54) is 20.0 Å². The lowest BCUT2D eigenvalue weighted by molar-refractivity contribution is -0.145. The minimum absolute atomic E-state index is 0. The summed E-state index contributed by atoms with van der Waals surface area (Å²) in [5, 5.41) is 7.85. The number of aryl methyl sites for hydroxylation is 2. The number of aromatic nitrogens is 3. The maximum Gasteiger partial charge on any atom is 0.350 e. The Hall–Kier alpha value is -2.12. The Morgan fingerprint density at radius 1 is 1.27 bits per heavy atom. The van der Waals surface area contributed by atoms with E-state index in [-0.39, 0.29) is 30.0 Å². The molecule has 8 heteroatoms. The van der Waals surface area contributed by atoms with Gasteiger partial charge in [-0.2, -0.15) is 5.10 Å². The van der Waals surface area contributed by atoms with E-state index in [2.05, 4.69) is 10.4 Å². The lowest BCUT2D eigenvalue weighted by atomic mass is 9.95. The highest BCUT2D eigenvalue weighted by Gasteiger charge is 2.18. The van der Waals surface area contributed by atoms with Crippen LogP contribution in [0, 0.1) is 18.8 Å². The Morgan fingerprint density at radius 2 is 1.93 bits per heavy atom. The molecule has 7 nitrogen and oxygen atoms in total. The second-order valence-corrected chi connectivity index (χ2v) is 7.87. The van der Waals surface area contributed by atoms with Crippen LogP contribution in [-0.4, -0.2) is 40.5 Å². The third-order valence-corrected chi connectivity index (χ3v) is 5.91. The molecular formula is C22H33ClN4O3. The molecule has 1 aromatic heterocycles. The molecule has 30 heavy (non-hydrogen) atoms. The summed E-state index contributed by atoms with van der Waals surface area (Å²) in [5.41, 5.74) is 1.76. The summed E-state index contributed by atoms with van der Waals surface area (Å²) in [6.07, 6.45) is 4.69. The van der Waals surface area contributed by atoms with Crippen molar-refractivity contribution in [1.29, 1.82) is 0 Å². The third-order valence-electron chi connectivity index (χ3n) is 5.91. The van der Waals surface area contributed by atoms with E-state index >= 15 is 0 Å². The van der Waals surface area contributed by atoms with Crippen LogP contribution < -0.4 is 11.0 Å². The van der Waals surface area contributed by atoms with Crippen molar-refractivity contribution in [2.75, 3.05) is 20.2 Å². The summed E-state index contributed by atoms with van der Waals surface area (Å²) < 4.78 is 8.12. The maximum atomic E-state index is 12.9. The van der Waals surface area contributed by atoms with Gasteiger partial charge >= 0.3 is 11.7 Å². The van der Waals surface area contributed by atoms with Gasteiger partial charge in [-0.05, 0) is 75.7 Å². The number of carbonyl (C=O) groups is 1. The van der Waals surface area contributed by atoms with Crippen molar-refractivity contribution < 1.29 is 9.53 Å². The van der Waals surface area contributed by atoms with E-state index in [1.807, 2.05) is 38.1 Å². The number of nitrogens with zero attached hydrogens (tertiary/aromatic N) is 3. The molecule has 3 rings (SSSR count). The van der Waals surface area contributed by atoms with E-state index < -0.39 is 0 Å². The average Bonchev–Trinajstić information content (AvgIpc) is 3.04. The van der Waals surface area contributed by atoms with Gasteiger partial charge in [0.2, 0.25) is 0 Å². The van der Waals surface area contributed by atoms with Crippen molar-refractivity contribution in [3.8, 4) is 5.69 Å². The van der Waals surface area contributed by atoms with Crippen LogP contribution in [0.4, 0.5) is 0 Å². The Morgan fingerprint density at radius 3 is 2.53 bits per heavy atom. The molecule has 2 aromatic rings. The van der Waals surface area contributed by atoms with E-state index in [0.717, 1.165) is 37.2 Å². The van der Waals surface area contributed by atoms with Crippen LogP contribution >= 0.6 is 12.4 Å². The predicted molar refractivity (Wildman–Crippen MR) is 120 cm³/mol. The molecule has 1 saturated heterocycles. The molecule has 1 fully saturated rings. The summed E-state index contributed by atoms with van der Waals surface area (Å²) in [6.45, 7) is 6.63. The number of methoxy groups -OCH3 is 1. The molecule has 1 aliphatic rings. The second kappa shape index (κ2) is 11.3. The topological polar surface area (TPSA) is 78.2 Å². The molecule has 1 aliphatic heterocycles. The molecule has 0 saturated carbocycles. The third kappa shape index (κ3) is 5.73. The smallest absolute Gasteiger partial charge is 0.350 e. The van der Waals surface area contributed by atoms with Crippen LogP contribution in [-0.2, 0) is 22.5 Å². The summed E-state index contributed by atoms with van der Waals surface area (Å²) >= 11 is 0. The number of ether oxygens (including phenoxy) is 1. The minimum atomic E-state index is -0.182. The first kappa shape index (κ1) is 24.2. The first-order valence-electron chi connectivity index (χ1n) is 10.6. The predicted octanol–water partition coefficient (Wildman–Crippen LogP) is 2.90. The lowest BCUT2D eigenvalue weighted by Gasteiger charge is -2.22. The molecule has 1 N–H and O–H groups in total. The summed E-state index contributed by atoms with van der Waals surface area (Å²) in [5.74, 6) is 1.02. The average molecular weight is 437 g/mol. The molecule has 0 amide bonds. The van der Waals surface area contributed by atoms with Crippen molar-refractivity contribution in [2.45, 2.75) is 52.5 Å².